The number of aromatic nitrogens is 2. The molecule has 2 aromatic rings. The molecular formula is C12H14ClN3. The van der Waals surface area contributed by atoms with Crippen molar-refractivity contribution in [1.82, 2.24) is 9.78 Å². The third-order valence-electron chi connectivity index (χ3n) is 2.37. The van der Waals surface area contributed by atoms with Gasteiger partial charge in [-0.3, -0.25) is 0 Å². The lowest BCUT2D eigenvalue weighted by molar-refractivity contribution is 0.811. The summed E-state index contributed by atoms with van der Waals surface area (Å²) in [5, 5.41) is 5.09. The normalized spacial score (nSPS) is 10.6. The minimum Gasteiger partial charge on any atom is -0.384 e. The van der Waals surface area contributed by atoms with Gasteiger partial charge in [0.05, 0.1) is 16.4 Å². The topological polar surface area (TPSA) is 43.8 Å². The Kier molecular flexibility index (Phi) is 3.15. The Morgan fingerprint density at radius 1 is 1.38 bits per heavy atom. The maximum atomic E-state index is 6.10. The van der Waals surface area contributed by atoms with E-state index in [9.17, 15) is 0 Å². The Morgan fingerprint density at radius 2 is 2.12 bits per heavy atom. The van der Waals surface area contributed by atoms with Crippen LogP contribution in [0.5, 0.6) is 0 Å². The smallest absolute Gasteiger partial charge is 0.127 e. The summed E-state index contributed by atoms with van der Waals surface area (Å²) in [5.74, 6) is 0.622. The molecule has 0 saturated heterocycles. The van der Waals surface area contributed by atoms with E-state index in [1.54, 1.807) is 4.68 Å². The fraction of sp³-hybridized carbons (Fsp3) is 0.250. The van der Waals surface area contributed by atoms with E-state index >= 15 is 0 Å². The number of hydrogen-bond donors (Lipinski definition) is 1. The van der Waals surface area contributed by atoms with Crippen molar-refractivity contribution in [2.75, 3.05) is 5.73 Å². The minimum absolute atomic E-state index is 0.622. The van der Waals surface area contributed by atoms with E-state index in [-0.39, 0.29) is 0 Å². The fourth-order valence-corrected chi connectivity index (χ4v) is 1.86. The van der Waals surface area contributed by atoms with Crippen molar-refractivity contribution in [2.24, 2.45) is 0 Å². The van der Waals surface area contributed by atoms with Crippen molar-refractivity contribution in [3.05, 3.63) is 41.0 Å². The van der Waals surface area contributed by atoms with Crippen LogP contribution in [0.1, 0.15) is 19.0 Å². The van der Waals surface area contributed by atoms with Crippen molar-refractivity contribution >= 4 is 17.4 Å². The van der Waals surface area contributed by atoms with Gasteiger partial charge in [-0.2, -0.15) is 5.10 Å². The van der Waals surface area contributed by atoms with E-state index in [1.807, 2.05) is 30.3 Å². The van der Waals surface area contributed by atoms with Crippen LogP contribution < -0.4 is 5.73 Å². The van der Waals surface area contributed by atoms with Gasteiger partial charge in [-0.25, -0.2) is 4.68 Å². The first kappa shape index (κ1) is 11.0. The van der Waals surface area contributed by atoms with Gasteiger partial charge in [-0.1, -0.05) is 37.1 Å². The summed E-state index contributed by atoms with van der Waals surface area (Å²) in [6, 6.07) is 9.44. The van der Waals surface area contributed by atoms with E-state index < -0.39 is 0 Å². The highest BCUT2D eigenvalue weighted by Crippen LogP contribution is 2.22. The first-order chi connectivity index (χ1) is 7.72. The average Bonchev–Trinajstić information content (AvgIpc) is 2.61. The molecule has 0 aliphatic rings. The monoisotopic (exact) mass is 235 g/mol. The van der Waals surface area contributed by atoms with E-state index in [2.05, 4.69) is 12.0 Å². The summed E-state index contributed by atoms with van der Waals surface area (Å²) >= 11 is 6.10. The highest BCUT2D eigenvalue weighted by molar-refractivity contribution is 6.32. The van der Waals surface area contributed by atoms with Gasteiger partial charge >= 0.3 is 0 Å². The summed E-state index contributed by atoms with van der Waals surface area (Å²) in [4.78, 5) is 0. The zero-order valence-corrected chi connectivity index (χ0v) is 9.91. The number of benzene rings is 1. The van der Waals surface area contributed by atoms with Gasteiger partial charge in [0, 0.05) is 6.07 Å². The molecule has 0 radical (unpaired) electrons. The molecule has 0 fully saturated rings. The Morgan fingerprint density at radius 3 is 2.81 bits per heavy atom. The van der Waals surface area contributed by atoms with Crippen molar-refractivity contribution in [3.8, 4) is 5.69 Å². The maximum absolute atomic E-state index is 6.10. The maximum Gasteiger partial charge on any atom is 0.127 e. The summed E-state index contributed by atoms with van der Waals surface area (Å²) in [6.07, 6.45) is 1.99. The van der Waals surface area contributed by atoms with Crippen molar-refractivity contribution in [3.63, 3.8) is 0 Å². The quantitative estimate of drug-likeness (QED) is 0.889. The molecule has 0 atom stereocenters. The fourth-order valence-electron chi connectivity index (χ4n) is 1.64. The van der Waals surface area contributed by atoms with Crippen molar-refractivity contribution in [1.29, 1.82) is 0 Å². The number of nitrogens with zero attached hydrogens (tertiary/aromatic N) is 2. The molecule has 2 rings (SSSR count). The molecule has 0 bridgehead atoms. The van der Waals surface area contributed by atoms with Crippen LogP contribution in [-0.4, -0.2) is 9.78 Å². The Balaban J connectivity index is 2.44. The summed E-state index contributed by atoms with van der Waals surface area (Å²) in [7, 11) is 0. The molecular weight excluding hydrogens is 222 g/mol. The predicted molar refractivity (Wildman–Crippen MR) is 67.0 cm³/mol. The zero-order chi connectivity index (χ0) is 11.5. The second-order valence-corrected chi connectivity index (χ2v) is 4.08. The number of nitrogen functional groups attached to an aromatic ring is 1. The van der Waals surface area contributed by atoms with Gasteiger partial charge in [0.2, 0.25) is 0 Å². The molecule has 3 nitrogen and oxygen atoms in total. The summed E-state index contributed by atoms with van der Waals surface area (Å²) in [5.41, 5.74) is 7.74. The van der Waals surface area contributed by atoms with Gasteiger partial charge in [0.1, 0.15) is 5.82 Å². The van der Waals surface area contributed by atoms with Crippen LogP contribution in [0.2, 0.25) is 5.02 Å². The number of para-hydroxylation sites is 1. The van der Waals surface area contributed by atoms with Crippen LogP contribution in [0.15, 0.2) is 30.3 Å². The molecule has 84 valence electrons. The second kappa shape index (κ2) is 4.58. The summed E-state index contributed by atoms with van der Waals surface area (Å²) in [6.45, 7) is 2.12. The minimum atomic E-state index is 0.622. The Bertz CT molecular complexity index is 491. The Labute approximate surface area is 99.8 Å². The largest absolute Gasteiger partial charge is 0.384 e. The van der Waals surface area contributed by atoms with Crippen molar-refractivity contribution in [2.45, 2.75) is 19.8 Å². The highest BCUT2D eigenvalue weighted by atomic mass is 35.5. The predicted octanol–water partition coefficient (Wildman–Crippen LogP) is 3.06. The molecule has 2 N–H and O–H groups in total. The van der Waals surface area contributed by atoms with Gasteiger partial charge in [-0.15, -0.1) is 0 Å². The molecule has 4 heteroatoms. The number of rotatable bonds is 3. The molecule has 0 unspecified atom stereocenters. The van der Waals surface area contributed by atoms with E-state index in [1.165, 1.54) is 0 Å². The van der Waals surface area contributed by atoms with Gasteiger partial charge in [-0.05, 0) is 18.6 Å². The second-order valence-electron chi connectivity index (χ2n) is 3.67. The third-order valence-corrected chi connectivity index (χ3v) is 2.69. The molecule has 0 amide bonds. The lowest BCUT2D eigenvalue weighted by Gasteiger charge is -2.05. The lowest BCUT2D eigenvalue weighted by Crippen LogP contribution is -2.02. The van der Waals surface area contributed by atoms with Crippen LogP contribution in [0.3, 0.4) is 0 Å². The highest BCUT2D eigenvalue weighted by Gasteiger charge is 2.08. The van der Waals surface area contributed by atoms with E-state index in [4.69, 9.17) is 17.3 Å². The molecule has 0 saturated carbocycles. The van der Waals surface area contributed by atoms with Crippen LogP contribution in [-0.2, 0) is 6.42 Å². The molecule has 0 aliphatic heterocycles. The lowest BCUT2D eigenvalue weighted by atomic mass is 10.2. The molecule has 16 heavy (non-hydrogen) atoms. The number of nitrogens with two attached hydrogens (primary N) is 1. The van der Waals surface area contributed by atoms with Gasteiger partial charge in [0.25, 0.3) is 0 Å². The van der Waals surface area contributed by atoms with Crippen LogP contribution >= 0.6 is 11.6 Å². The average molecular weight is 236 g/mol. The molecule has 1 aromatic carbocycles. The SMILES string of the molecule is CCCc1cc(N)n(-c2ccccc2Cl)n1. The summed E-state index contributed by atoms with van der Waals surface area (Å²) < 4.78 is 1.69. The van der Waals surface area contributed by atoms with Gasteiger partial charge in [0.15, 0.2) is 0 Å². The number of aryl methyl sites for hydroxylation is 1. The number of hydrogen-bond acceptors (Lipinski definition) is 2. The first-order valence-electron chi connectivity index (χ1n) is 5.31. The van der Waals surface area contributed by atoms with E-state index in [0.717, 1.165) is 24.2 Å². The standard InChI is InChI=1S/C12H14ClN3/c1-2-5-9-8-12(14)16(15-9)11-7-4-3-6-10(11)13/h3-4,6-8H,2,5,14H2,1H3. The number of halogens is 1. The van der Waals surface area contributed by atoms with E-state index in [0.29, 0.717) is 10.8 Å². The van der Waals surface area contributed by atoms with Crippen molar-refractivity contribution < 1.29 is 0 Å². The molecule has 0 aliphatic carbocycles. The van der Waals surface area contributed by atoms with Crippen LogP contribution in [0.25, 0.3) is 5.69 Å². The first-order valence-corrected chi connectivity index (χ1v) is 5.69. The number of anilines is 1. The Hall–Kier alpha value is -1.48. The van der Waals surface area contributed by atoms with Gasteiger partial charge < -0.3 is 5.73 Å². The molecule has 1 aromatic heterocycles. The molecule has 1 heterocycles. The molecule has 0 spiro atoms. The van der Waals surface area contributed by atoms with Crippen LogP contribution in [0, 0.1) is 0 Å². The zero-order valence-electron chi connectivity index (χ0n) is 9.15. The third kappa shape index (κ3) is 2.04. The van der Waals surface area contributed by atoms with Crippen LogP contribution in [0.4, 0.5) is 5.82 Å².